The zero-order chi connectivity index (χ0) is 20.4. The molecule has 0 radical (unpaired) electrons. The Labute approximate surface area is 159 Å². The van der Waals surface area contributed by atoms with Crippen molar-refractivity contribution in [3.8, 4) is 17.7 Å². The van der Waals surface area contributed by atoms with Crippen LogP contribution < -0.4 is 9.47 Å². The lowest BCUT2D eigenvalue weighted by Crippen LogP contribution is -2.32. The van der Waals surface area contributed by atoms with Gasteiger partial charge in [-0.25, -0.2) is 13.4 Å². The van der Waals surface area contributed by atoms with Crippen LogP contribution in [0.15, 0.2) is 47.5 Å². The molecule has 1 unspecified atom stereocenters. The number of nitriles is 1. The molecular formula is C17H14F3N3O4S. The first-order valence-corrected chi connectivity index (χ1v) is 9.51. The van der Waals surface area contributed by atoms with E-state index in [0.29, 0.717) is 12.0 Å². The number of halogens is 3. The second kappa shape index (κ2) is 7.65. The first kappa shape index (κ1) is 19.9. The molecule has 28 heavy (non-hydrogen) atoms. The Bertz CT molecular complexity index is 1010. The minimum absolute atomic E-state index is 0.0608. The lowest BCUT2D eigenvalue weighted by atomic mass is 10.3. The Morgan fingerprint density at radius 2 is 2.00 bits per heavy atom. The van der Waals surface area contributed by atoms with Gasteiger partial charge in [0.25, 0.3) is 0 Å². The van der Waals surface area contributed by atoms with Gasteiger partial charge in [-0.15, -0.1) is 13.2 Å². The number of nitrogens with zero attached hydrogens (tertiary/aromatic N) is 3. The van der Waals surface area contributed by atoms with Gasteiger partial charge in [0.15, 0.2) is 0 Å². The van der Waals surface area contributed by atoms with Crippen LogP contribution in [0, 0.1) is 11.3 Å². The van der Waals surface area contributed by atoms with Crippen molar-refractivity contribution in [1.29, 1.82) is 5.26 Å². The van der Waals surface area contributed by atoms with Gasteiger partial charge in [-0.3, -0.25) is 0 Å². The van der Waals surface area contributed by atoms with Crippen LogP contribution in [0.2, 0.25) is 0 Å². The molecule has 148 valence electrons. The third-order valence-electron chi connectivity index (χ3n) is 3.95. The molecule has 0 amide bonds. The summed E-state index contributed by atoms with van der Waals surface area (Å²) in [5.41, 5.74) is 0.339. The second-order valence-electron chi connectivity index (χ2n) is 5.88. The number of hydrogen-bond acceptors (Lipinski definition) is 6. The normalized spacial score (nSPS) is 17.9. The molecule has 0 N–H and O–H groups in total. The average Bonchev–Trinajstić information content (AvgIpc) is 3.10. The van der Waals surface area contributed by atoms with Gasteiger partial charge in [0, 0.05) is 18.8 Å². The molecule has 1 fully saturated rings. The Morgan fingerprint density at radius 3 is 2.71 bits per heavy atom. The van der Waals surface area contributed by atoms with E-state index in [4.69, 9.17) is 10.00 Å². The van der Waals surface area contributed by atoms with Crippen LogP contribution in [0.5, 0.6) is 11.6 Å². The molecular weight excluding hydrogens is 399 g/mol. The predicted octanol–water partition coefficient (Wildman–Crippen LogP) is 2.69. The van der Waals surface area contributed by atoms with Crippen LogP contribution in [0.3, 0.4) is 0 Å². The van der Waals surface area contributed by atoms with Crippen molar-refractivity contribution in [3.63, 3.8) is 0 Å². The highest BCUT2D eigenvalue weighted by Gasteiger charge is 2.38. The largest absolute Gasteiger partial charge is 0.573 e. The van der Waals surface area contributed by atoms with Crippen molar-refractivity contribution >= 4 is 10.0 Å². The van der Waals surface area contributed by atoms with Crippen molar-refractivity contribution in [2.24, 2.45) is 0 Å². The minimum Gasteiger partial charge on any atom is -0.473 e. The summed E-state index contributed by atoms with van der Waals surface area (Å²) in [6.07, 6.45) is -3.85. The summed E-state index contributed by atoms with van der Waals surface area (Å²) < 4.78 is 73.8. The summed E-state index contributed by atoms with van der Waals surface area (Å²) in [4.78, 5) is 3.39. The number of aromatic nitrogens is 1. The van der Waals surface area contributed by atoms with E-state index >= 15 is 0 Å². The van der Waals surface area contributed by atoms with Gasteiger partial charge in [-0.1, -0.05) is 12.1 Å². The molecule has 7 nitrogen and oxygen atoms in total. The van der Waals surface area contributed by atoms with Crippen LogP contribution in [0.1, 0.15) is 12.0 Å². The van der Waals surface area contributed by atoms with Crippen LogP contribution in [0.25, 0.3) is 0 Å². The summed E-state index contributed by atoms with van der Waals surface area (Å²) in [7, 11) is -4.22. The van der Waals surface area contributed by atoms with Gasteiger partial charge >= 0.3 is 6.36 Å². The number of sulfonamides is 1. The van der Waals surface area contributed by atoms with E-state index in [1.54, 1.807) is 0 Å². The minimum atomic E-state index is -5.01. The molecule has 11 heteroatoms. The SMILES string of the molecule is N#Cc1ccnc(OC2CCN(S(=O)(=O)c3ccccc3OC(F)(F)F)C2)c1. The van der Waals surface area contributed by atoms with Crippen molar-refractivity contribution in [1.82, 2.24) is 9.29 Å². The highest BCUT2D eigenvalue weighted by molar-refractivity contribution is 7.89. The maximum Gasteiger partial charge on any atom is 0.573 e. The van der Waals surface area contributed by atoms with E-state index in [0.717, 1.165) is 16.4 Å². The van der Waals surface area contributed by atoms with Crippen LogP contribution >= 0.6 is 0 Å². The molecule has 0 saturated carbocycles. The maximum atomic E-state index is 12.8. The van der Waals surface area contributed by atoms with Crippen LogP contribution in [0.4, 0.5) is 13.2 Å². The number of benzene rings is 1. The highest BCUT2D eigenvalue weighted by Crippen LogP contribution is 2.33. The number of alkyl halides is 3. The van der Waals surface area contributed by atoms with E-state index in [-0.39, 0.29) is 19.0 Å². The summed E-state index contributed by atoms with van der Waals surface area (Å²) >= 11 is 0. The topological polar surface area (TPSA) is 92.5 Å². The van der Waals surface area contributed by atoms with Gasteiger partial charge in [-0.2, -0.15) is 9.57 Å². The smallest absolute Gasteiger partial charge is 0.473 e. The summed E-state index contributed by atoms with van der Waals surface area (Å²) in [6.45, 7) is -0.00750. The van der Waals surface area contributed by atoms with E-state index in [2.05, 4.69) is 9.72 Å². The first-order valence-electron chi connectivity index (χ1n) is 8.07. The fourth-order valence-electron chi connectivity index (χ4n) is 2.74. The van der Waals surface area contributed by atoms with E-state index < -0.39 is 33.1 Å². The molecule has 1 atom stereocenters. The molecule has 0 aliphatic carbocycles. The zero-order valence-corrected chi connectivity index (χ0v) is 15.1. The predicted molar refractivity (Wildman–Crippen MR) is 89.9 cm³/mol. The Kier molecular flexibility index (Phi) is 5.44. The molecule has 1 aromatic carbocycles. The molecule has 3 rings (SSSR count). The summed E-state index contributed by atoms with van der Waals surface area (Å²) in [5, 5.41) is 8.89. The fraction of sp³-hybridized carbons (Fsp3) is 0.294. The van der Waals surface area contributed by atoms with Gasteiger partial charge in [-0.05, 0) is 24.6 Å². The second-order valence-corrected chi connectivity index (χ2v) is 7.79. The molecule has 1 aliphatic rings. The Morgan fingerprint density at radius 1 is 1.25 bits per heavy atom. The van der Waals surface area contributed by atoms with Crippen molar-refractivity contribution in [2.75, 3.05) is 13.1 Å². The molecule has 0 spiro atoms. The number of pyridine rings is 1. The molecule has 0 bridgehead atoms. The summed E-state index contributed by atoms with van der Waals surface area (Å²) in [5.74, 6) is -0.619. The van der Waals surface area contributed by atoms with E-state index in [1.807, 2.05) is 6.07 Å². The number of rotatable bonds is 5. The third-order valence-corrected chi connectivity index (χ3v) is 5.86. The molecule has 2 aromatic rings. The van der Waals surface area contributed by atoms with Gasteiger partial charge < -0.3 is 9.47 Å². The lowest BCUT2D eigenvalue weighted by Gasteiger charge is -2.19. The molecule has 1 aliphatic heterocycles. The average molecular weight is 413 g/mol. The van der Waals surface area contributed by atoms with Crippen LogP contribution in [-0.2, 0) is 10.0 Å². The van der Waals surface area contributed by atoms with E-state index in [9.17, 15) is 21.6 Å². The molecule has 2 heterocycles. The zero-order valence-electron chi connectivity index (χ0n) is 14.3. The number of hydrogen-bond donors (Lipinski definition) is 0. The third kappa shape index (κ3) is 4.52. The quantitative estimate of drug-likeness (QED) is 0.748. The standard InChI is InChI=1S/C17H14F3N3O4S/c18-17(19,20)27-14-3-1-2-4-15(14)28(24,25)23-8-6-13(11-23)26-16-9-12(10-21)5-7-22-16/h1-5,7,9,13H,6,8,11H2. The first-order chi connectivity index (χ1) is 13.2. The maximum absolute atomic E-state index is 12.8. The molecule has 1 saturated heterocycles. The number of para-hydroxylation sites is 1. The number of ether oxygens (including phenoxy) is 2. The fourth-order valence-corrected chi connectivity index (χ4v) is 4.34. The van der Waals surface area contributed by atoms with Crippen molar-refractivity contribution in [3.05, 3.63) is 48.2 Å². The monoisotopic (exact) mass is 413 g/mol. The van der Waals surface area contributed by atoms with Crippen molar-refractivity contribution < 1.29 is 31.1 Å². The van der Waals surface area contributed by atoms with Crippen molar-refractivity contribution in [2.45, 2.75) is 23.8 Å². The van der Waals surface area contributed by atoms with Crippen LogP contribution in [-0.4, -0.2) is 43.3 Å². The van der Waals surface area contributed by atoms with Gasteiger partial charge in [0.05, 0.1) is 18.2 Å². The highest BCUT2D eigenvalue weighted by atomic mass is 32.2. The lowest BCUT2D eigenvalue weighted by molar-refractivity contribution is -0.275. The Hall–Kier alpha value is -2.84. The van der Waals surface area contributed by atoms with Gasteiger partial charge in [0.1, 0.15) is 16.7 Å². The van der Waals surface area contributed by atoms with E-state index in [1.165, 1.54) is 30.5 Å². The van der Waals surface area contributed by atoms with Gasteiger partial charge in [0.2, 0.25) is 15.9 Å². The summed E-state index contributed by atoms with van der Waals surface area (Å²) in [6, 6.07) is 9.43. The molecule has 1 aromatic heterocycles. The Balaban J connectivity index is 1.77.